The Bertz CT molecular complexity index is 442. The van der Waals surface area contributed by atoms with E-state index >= 15 is 0 Å². The first-order chi connectivity index (χ1) is 8.91. The zero-order valence-corrected chi connectivity index (χ0v) is 12.9. The van der Waals surface area contributed by atoms with Gasteiger partial charge < -0.3 is 15.5 Å². The van der Waals surface area contributed by atoms with E-state index < -0.39 is 0 Å². The third-order valence-electron chi connectivity index (χ3n) is 4.64. The Hall–Kier alpha value is -1.22. The van der Waals surface area contributed by atoms with Gasteiger partial charge in [-0.25, -0.2) is 0 Å². The molecule has 0 bridgehead atoms. The van der Waals surface area contributed by atoms with Gasteiger partial charge in [0, 0.05) is 44.1 Å². The average molecular weight is 261 g/mol. The number of rotatable bonds is 2. The van der Waals surface area contributed by atoms with Gasteiger partial charge in [-0.1, -0.05) is 13.0 Å². The number of hydrogen-bond acceptors (Lipinski definition) is 3. The van der Waals surface area contributed by atoms with Crippen LogP contribution in [-0.2, 0) is 0 Å². The molecule has 19 heavy (non-hydrogen) atoms. The molecule has 1 aliphatic rings. The van der Waals surface area contributed by atoms with E-state index in [1.165, 1.54) is 16.9 Å². The molecular weight excluding hydrogens is 234 g/mol. The predicted octanol–water partition coefficient (Wildman–Crippen LogP) is 2.62. The van der Waals surface area contributed by atoms with Gasteiger partial charge >= 0.3 is 0 Å². The summed E-state index contributed by atoms with van der Waals surface area (Å²) in [4.78, 5) is 4.68. The molecule has 1 aromatic carbocycles. The van der Waals surface area contributed by atoms with Crippen molar-refractivity contribution in [2.45, 2.75) is 39.3 Å². The molecule has 3 heteroatoms. The Labute approximate surface area is 117 Å². The van der Waals surface area contributed by atoms with Crippen molar-refractivity contribution in [1.82, 2.24) is 0 Å². The lowest BCUT2D eigenvalue weighted by molar-refractivity contribution is 0.315. The van der Waals surface area contributed by atoms with Gasteiger partial charge in [-0.3, -0.25) is 0 Å². The summed E-state index contributed by atoms with van der Waals surface area (Å²) in [5.74, 6) is 0.540. The molecule has 1 aromatic rings. The standard InChI is InChI=1S/C16H27N3/c1-11-6-7-14(10-16(11)18(4)5)19-9-8-15(17)12(2)13(19)3/h6-7,10,12-13,15H,8-9,17H2,1-5H3. The van der Waals surface area contributed by atoms with Crippen LogP contribution < -0.4 is 15.5 Å². The second-order valence-corrected chi connectivity index (χ2v) is 6.11. The highest BCUT2D eigenvalue weighted by molar-refractivity contribution is 5.63. The molecule has 1 heterocycles. The molecular formula is C16H27N3. The lowest BCUT2D eigenvalue weighted by atomic mass is 9.87. The highest BCUT2D eigenvalue weighted by Crippen LogP contribution is 2.31. The SMILES string of the molecule is Cc1ccc(N2CCC(N)C(C)C2C)cc1N(C)C. The molecule has 1 aliphatic heterocycles. The first-order valence-corrected chi connectivity index (χ1v) is 7.22. The Morgan fingerprint density at radius 3 is 2.58 bits per heavy atom. The van der Waals surface area contributed by atoms with Gasteiger partial charge in [-0.05, 0) is 43.9 Å². The van der Waals surface area contributed by atoms with E-state index in [1.54, 1.807) is 0 Å². The number of anilines is 2. The van der Waals surface area contributed by atoms with Crippen LogP contribution in [0.2, 0.25) is 0 Å². The summed E-state index contributed by atoms with van der Waals surface area (Å²) in [6.45, 7) is 7.78. The molecule has 1 fully saturated rings. The Balaban J connectivity index is 2.29. The van der Waals surface area contributed by atoms with Gasteiger partial charge in [0.25, 0.3) is 0 Å². The fraction of sp³-hybridized carbons (Fsp3) is 0.625. The van der Waals surface area contributed by atoms with Crippen LogP contribution in [0.5, 0.6) is 0 Å². The van der Waals surface area contributed by atoms with Crippen LogP contribution in [0, 0.1) is 12.8 Å². The molecule has 3 atom stereocenters. The van der Waals surface area contributed by atoms with Gasteiger partial charge in [0.2, 0.25) is 0 Å². The smallest absolute Gasteiger partial charge is 0.0411 e. The average Bonchev–Trinajstić information content (AvgIpc) is 2.37. The van der Waals surface area contributed by atoms with E-state index in [4.69, 9.17) is 5.73 Å². The summed E-state index contributed by atoms with van der Waals surface area (Å²) >= 11 is 0. The molecule has 0 radical (unpaired) electrons. The minimum Gasteiger partial charge on any atom is -0.377 e. The van der Waals surface area contributed by atoms with Crippen molar-refractivity contribution < 1.29 is 0 Å². The maximum Gasteiger partial charge on any atom is 0.0411 e. The molecule has 0 saturated carbocycles. The van der Waals surface area contributed by atoms with Crippen molar-refractivity contribution in [2.24, 2.45) is 11.7 Å². The second-order valence-electron chi connectivity index (χ2n) is 6.11. The van der Waals surface area contributed by atoms with E-state index in [0.29, 0.717) is 18.0 Å². The summed E-state index contributed by atoms with van der Waals surface area (Å²) in [5.41, 5.74) is 10.1. The Morgan fingerprint density at radius 1 is 1.26 bits per heavy atom. The van der Waals surface area contributed by atoms with Gasteiger partial charge in [0.15, 0.2) is 0 Å². The zero-order valence-electron chi connectivity index (χ0n) is 12.9. The minimum absolute atomic E-state index is 0.338. The molecule has 1 saturated heterocycles. The van der Waals surface area contributed by atoms with Crippen LogP contribution in [0.3, 0.4) is 0 Å². The van der Waals surface area contributed by atoms with Crippen LogP contribution in [0.15, 0.2) is 18.2 Å². The predicted molar refractivity (Wildman–Crippen MR) is 84.1 cm³/mol. The fourth-order valence-electron chi connectivity index (χ4n) is 3.02. The van der Waals surface area contributed by atoms with E-state index in [1.807, 2.05) is 0 Å². The number of aryl methyl sites for hydroxylation is 1. The van der Waals surface area contributed by atoms with Crippen molar-refractivity contribution in [3.05, 3.63) is 23.8 Å². The van der Waals surface area contributed by atoms with Crippen LogP contribution in [0.25, 0.3) is 0 Å². The van der Waals surface area contributed by atoms with Crippen LogP contribution in [0.1, 0.15) is 25.8 Å². The lowest BCUT2D eigenvalue weighted by Crippen LogP contribution is -2.51. The summed E-state index contributed by atoms with van der Waals surface area (Å²) in [6.07, 6.45) is 1.08. The molecule has 2 rings (SSSR count). The van der Waals surface area contributed by atoms with Gasteiger partial charge in [-0.2, -0.15) is 0 Å². The minimum atomic E-state index is 0.338. The second kappa shape index (κ2) is 5.41. The summed E-state index contributed by atoms with van der Waals surface area (Å²) in [7, 11) is 4.20. The molecule has 0 amide bonds. The van der Waals surface area contributed by atoms with Crippen molar-refractivity contribution in [2.75, 3.05) is 30.4 Å². The van der Waals surface area contributed by atoms with Gasteiger partial charge in [0.1, 0.15) is 0 Å². The first kappa shape index (κ1) is 14.2. The van der Waals surface area contributed by atoms with Crippen molar-refractivity contribution in [1.29, 1.82) is 0 Å². The third-order valence-corrected chi connectivity index (χ3v) is 4.64. The molecule has 3 unspecified atom stereocenters. The highest BCUT2D eigenvalue weighted by Gasteiger charge is 2.30. The normalized spacial score (nSPS) is 27.5. The third kappa shape index (κ3) is 2.71. The van der Waals surface area contributed by atoms with Crippen LogP contribution in [0.4, 0.5) is 11.4 Å². The van der Waals surface area contributed by atoms with Crippen molar-refractivity contribution in [3.8, 4) is 0 Å². The Morgan fingerprint density at radius 2 is 1.95 bits per heavy atom. The monoisotopic (exact) mass is 261 g/mol. The molecule has 0 aliphatic carbocycles. The lowest BCUT2D eigenvalue weighted by Gasteiger charge is -2.43. The fourth-order valence-corrected chi connectivity index (χ4v) is 3.02. The van der Waals surface area contributed by atoms with Crippen LogP contribution >= 0.6 is 0 Å². The maximum atomic E-state index is 6.18. The number of nitrogens with zero attached hydrogens (tertiary/aromatic N) is 2. The van der Waals surface area contributed by atoms with Gasteiger partial charge in [0.05, 0.1) is 0 Å². The molecule has 0 aromatic heterocycles. The van der Waals surface area contributed by atoms with Gasteiger partial charge in [-0.15, -0.1) is 0 Å². The summed E-state index contributed by atoms with van der Waals surface area (Å²) < 4.78 is 0. The number of piperidine rings is 1. The number of benzene rings is 1. The van der Waals surface area contributed by atoms with E-state index in [0.717, 1.165) is 13.0 Å². The van der Waals surface area contributed by atoms with E-state index in [9.17, 15) is 0 Å². The maximum absolute atomic E-state index is 6.18. The summed E-state index contributed by atoms with van der Waals surface area (Å²) in [5, 5.41) is 0. The van der Waals surface area contributed by atoms with Crippen molar-refractivity contribution >= 4 is 11.4 Å². The number of nitrogens with two attached hydrogens (primary N) is 1. The highest BCUT2D eigenvalue weighted by atomic mass is 15.2. The zero-order chi connectivity index (χ0) is 14.2. The first-order valence-electron chi connectivity index (χ1n) is 7.22. The molecule has 0 spiro atoms. The van der Waals surface area contributed by atoms with E-state index in [2.05, 4.69) is 62.9 Å². The molecule has 106 valence electrons. The summed E-state index contributed by atoms with van der Waals surface area (Å²) in [6, 6.07) is 7.60. The largest absolute Gasteiger partial charge is 0.377 e. The quantitative estimate of drug-likeness (QED) is 0.888. The van der Waals surface area contributed by atoms with Crippen LogP contribution in [-0.4, -0.2) is 32.7 Å². The topological polar surface area (TPSA) is 32.5 Å². The Kier molecular flexibility index (Phi) is 4.04. The van der Waals surface area contributed by atoms with Crippen molar-refractivity contribution in [3.63, 3.8) is 0 Å². The number of hydrogen-bond donors (Lipinski definition) is 1. The molecule has 3 nitrogen and oxygen atoms in total. The van der Waals surface area contributed by atoms with E-state index in [-0.39, 0.29) is 0 Å². The molecule has 2 N–H and O–H groups in total.